The molecule has 0 spiro atoms. The zero-order valence-electron chi connectivity index (χ0n) is 13.5. The minimum atomic E-state index is -0.993. The molecule has 2 atom stereocenters. The lowest BCUT2D eigenvalue weighted by Crippen LogP contribution is -2.61. The quantitative estimate of drug-likeness (QED) is 0.350. The third-order valence-electron chi connectivity index (χ3n) is 4.32. The molecule has 122 valence electrons. The van der Waals surface area contributed by atoms with Gasteiger partial charge < -0.3 is 9.64 Å². The van der Waals surface area contributed by atoms with E-state index >= 15 is 0 Å². The van der Waals surface area contributed by atoms with Crippen LogP contribution in [0.3, 0.4) is 0 Å². The molecule has 4 heteroatoms. The van der Waals surface area contributed by atoms with Crippen molar-refractivity contribution in [2.45, 2.75) is 37.8 Å². The first-order valence-corrected chi connectivity index (χ1v) is 7.83. The number of unbranched alkanes of at least 4 members (excludes halogenated alkanes) is 1. The summed E-state index contributed by atoms with van der Waals surface area (Å²) < 4.78 is 5.42. The van der Waals surface area contributed by atoms with Crippen LogP contribution >= 0.6 is 0 Å². The third-order valence-corrected chi connectivity index (χ3v) is 4.32. The predicted octanol–water partition coefficient (Wildman–Crippen LogP) is 3.41. The van der Waals surface area contributed by atoms with Crippen LogP contribution in [0.4, 0.5) is 0 Å². The lowest BCUT2D eigenvalue weighted by atomic mass is 9.87. The number of hydrogen-bond acceptors (Lipinski definition) is 3. The first-order chi connectivity index (χ1) is 11.0. The van der Waals surface area contributed by atoms with E-state index in [1.807, 2.05) is 36.4 Å². The molecular weight excluding hydrogens is 290 g/mol. The minimum absolute atomic E-state index is 0.166. The normalized spacial score (nSPS) is 24.0. The lowest BCUT2D eigenvalue weighted by Gasteiger charge is -2.47. The molecule has 0 aromatic heterocycles. The highest BCUT2D eigenvalue weighted by molar-refractivity contribution is 5.94. The summed E-state index contributed by atoms with van der Waals surface area (Å²) in [5.41, 5.74) is -0.0438. The highest BCUT2D eigenvalue weighted by Gasteiger charge is 2.49. The van der Waals surface area contributed by atoms with Gasteiger partial charge >= 0.3 is 5.97 Å². The summed E-state index contributed by atoms with van der Waals surface area (Å²) in [7, 11) is 0. The molecule has 23 heavy (non-hydrogen) atoms. The van der Waals surface area contributed by atoms with Crippen LogP contribution in [0.15, 0.2) is 55.6 Å². The zero-order chi connectivity index (χ0) is 16.9. The molecule has 0 saturated carbocycles. The summed E-state index contributed by atoms with van der Waals surface area (Å²) in [4.78, 5) is 26.6. The fraction of sp³-hybridized carbons (Fsp3) is 0.368. The molecule has 1 saturated heterocycles. The monoisotopic (exact) mass is 313 g/mol. The Balaban J connectivity index is 2.40. The number of cyclic esters (lactones) is 1. The van der Waals surface area contributed by atoms with Crippen molar-refractivity contribution in [2.75, 3.05) is 6.61 Å². The Bertz CT molecular complexity index is 596. The van der Waals surface area contributed by atoms with Gasteiger partial charge in [0.25, 0.3) is 0 Å². The molecule has 1 heterocycles. The van der Waals surface area contributed by atoms with Gasteiger partial charge in [-0.05, 0) is 37.8 Å². The van der Waals surface area contributed by atoms with Gasteiger partial charge in [0.15, 0.2) is 0 Å². The second kappa shape index (κ2) is 7.27. The van der Waals surface area contributed by atoms with Gasteiger partial charge in [0.1, 0.15) is 12.1 Å². The lowest BCUT2D eigenvalue weighted by molar-refractivity contribution is -0.180. The highest BCUT2D eigenvalue weighted by Crippen LogP contribution is 2.37. The first-order valence-electron chi connectivity index (χ1n) is 7.83. The Morgan fingerprint density at radius 3 is 2.70 bits per heavy atom. The number of hydrogen-bond donors (Lipinski definition) is 0. The van der Waals surface area contributed by atoms with Crippen molar-refractivity contribution >= 4 is 11.9 Å². The Morgan fingerprint density at radius 2 is 2.09 bits per heavy atom. The van der Waals surface area contributed by atoms with E-state index in [1.54, 1.807) is 11.8 Å². The maximum Gasteiger partial charge on any atom is 0.331 e. The number of amides is 1. The maximum atomic E-state index is 12.5. The van der Waals surface area contributed by atoms with E-state index < -0.39 is 5.54 Å². The summed E-state index contributed by atoms with van der Waals surface area (Å²) in [6, 6.07) is 9.33. The Kier molecular flexibility index (Phi) is 5.37. The number of carbonyl (C=O) groups excluding carboxylic acids is 2. The number of nitrogens with zero attached hydrogens (tertiary/aromatic N) is 1. The van der Waals surface area contributed by atoms with Gasteiger partial charge in [-0.15, -0.1) is 6.58 Å². The molecule has 1 aromatic carbocycles. The van der Waals surface area contributed by atoms with Gasteiger partial charge in [-0.3, -0.25) is 4.79 Å². The van der Waals surface area contributed by atoms with Crippen molar-refractivity contribution in [3.8, 4) is 0 Å². The van der Waals surface area contributed by atoms with E-state index in [9.17, 15) is 9.59 Å². The van der Waals surface area contributed by atoms with Gasteiger partial charge in [0.2, 0.25) is 5.91 Å². The van der Waals surface area contributed by atoms with Crippen molar-refractivity contribution in [3.05, 3.63) is 61.2 Å². The Morgan fingerprint density at radius 1 is 1.39 bits per heavy atom. The van der Waals surface area contributed by atoms with Gasteiger partial charge in [-0.2, -0.15) is 0 Å². The maximum absolute atomic E-state index is 12.5. The third kappa shape index (κ3) is 3.36. The van der Waals surface area contributed by atoms with Crippen LogP contribution in [-0.4, -0.2) is 28.9 Å². The molecule has 0 aliphatic carbocycles. The Hall–Kier alpha value is -2.36. The molecule has 0 bridgehead atoms. The number of rotatable bonds is 6. The van der Waals surface area contributed by atoms with Crippen LogP contribution in [0.5, 0.6) is 0 Å². The predicted molar refractivity (Wildman–Crippen MR) is 89.6 cm³/mol. The van der Waals surface area contributed by atoms with Crippen LogP contribution in [0.2, 0.25) is 0 Å². The number of allylic oxidation sites excluding steroid dienone is 1. The molecule has 0 unspecified atom stereocenters. The average molecular weight is 313 g/mol. The van der Waals surface area contributed by atoms with E-state index in [0.717, 1.165) is 18.4 Å². The SMILES string of the molecule is C=CCCC[C@]1(C)C(=O)OC[C@@H](c2ccccc2)N1C(=O)C=C. The molecule has 4 nitrogen and oxygen atoms in total. The molecule has 1 amide bonds. The Labute approximate surface area is 137 Å². The van der Waals surface area contributed by atoms with E-state index in [-0.39, 0.29) is 24.5 Å². The van der Waals surface area contributed by atoms with Gasteiger partial charge in [0, 0.05) is 0 Å². The fourth-order valence-corrected chi connectivity index (χ4v) is 3.06. The second-order valence-electron chi connectivity index (χ2n) is 5.89. The van der Waals surface area contributed by atoms with Gasteiger partial charge in [-0.1, -0.05) is 43.0 Å². The van der Waals surface area contributed by atoms with Crippen molar-refractivity contribution < 1.29 is 14.3 Å². The first kappa shape index (κ1) is 17.0. The van der Waals surface area contributed by atoms with E-state index in [0.29, 0.717) is 6.42 Å². The van der Waals surface area contributed by atoms with E-state index in [1.165, 1.54) is 6.08 Å². The van der Waals surface area contributed by atoms with Crippen molar-refractivity contribution in [1.82, 2.24) is 4.90 Å². The summed E-state index contributed by atoms with van der Waals surface area (Å²) in [6.45, 7) is 9.24. The van der Waals surface area contributed by atoms with Crippen LogP contribution < -0.4 is 0 Å². The minimum Gasteiger partial charge on any atom is -0.461 e. The van der Waals surface area contributed by atoms with Crippen LogP contribution in [0, 0.1) is 0 Å². The topological polar surface area (TPSA) is 46.6 Å². The smallest absolute Gasteiger partial charge is 0.331 e. The molecule has 1 aliphatic rings. The number of carbonyl (C=O) groups is 2. The number of morpholine rings is 1. The van der Waals surface area contributed by atoms with E-state index in [4.69, 9.17) is 4.74 Å². The summed E-state index contributed by atoms with van der Waals surface area (Å²) in [5, 5.41) is 0. The van der Waals surface area contributed by atoms with Crippen LogP contribution in [0.1, 0.15) is 37.8 Å². The van der Waals surface area contributed by atoms with Gasteiger partial charge in [-0.25, -0.2) is 4.79 Å². The van der Waals surface area contributed by atoms with Gasteiger partial charge in [0.05, 0.1) is 6.04 Å². The molecule has 0 N–H and O–H groups in total. The summed E-state index contributed by atoms with van der Waals surface area (Å²) >= 11 is 0. The number of esters is 1. The molecule has 1 fully saturated rings. The van der Waals surface area contributed by atoms with E-state index in [2.05, 4.69) is 13.2 Å². The fourth-order valence-electron chi connectivity index (χ4n) is 3.06. The summed E-state index contributed by atoms with van der Waals surface area (Å²) in [6.07, 6.45) is 5.15. The van der Waals surface area contributed by atoms with Crippen molar-refractivity contribution in [3.63, 3.8) is 0 Å². The highest BCUT2D eigenvalue weighted by atomic mass is 16.5. The van der Waals surface area contributed by atoms with Crippen molar-refractivity contribution in [1.29, 1.82) is 0 Å². The molecular formula is C19H23NO3. The number of benzene rings is 1. The second-order valence-corrected chi connectivity index (χ2v) is 5.89. The van der Waals surface area contributed by atoms with Crippen LogP contribution in [-0.2, 0) is 14.3 Å². The van der Waals surface area contributed by atoms with Crippen LogP contribution in [0.25, 0.3) is 0 Å². The largest absolute Gasteiger partial charge is 0.461 e. The van der Waals surface area contributed by atoms with Crippen molar-refractivity contribution in [2.24, 2.45) is 0 Å². The molecule has 1 aromatic rings. The molecule has 2 rings (SSSR count). The standard InChI is InChI=1S/C19H23NO3/c1-4-6-10-13-19(3)18(22)23-14-16(20(19)17(21)5-2)15-11-8-7-9-12-15/h4-5,7-9,11-12,16H,1-2,6,10,13-14H2,3H3/t16-,19+/m0/s1. The average Bonchev–Trinajstić information content (AvgIpc) is 2.57. The zero-order valence-corrected chi connectivity index (χ0v) is 13.5. The summed E-state index contributed by atoms with van der Waals surface area (Å²) in [5.74, 6) is -0.611. The number of ether oxygens (including phenoxy) is 1. The molecule has 0 radical (unpaired) electrons. The molecule has 1 aliphatic heterocycles.